The van der Waals surface area contributed by atoms with E-state index in [1.54, 1.807) is 5.57 Å². The van der Waals surface area contributed by atoms with E-state index in [0.717, 1.165) is 24.7 Å². The highest BCUT2D eigenvalue weighted by Crippen LogP contribution is 2.30. The third kappa shape index (κ3) is 7.07. The van der Waals surface area contributed by atoms with Gasteiger partial charge in [-0.25, -0.2) is 0 Å². The van der Waals surface area contributed by atoms with Gasteiger partial charge in [-0.05, 0) is 49.2 Å². The lowest BCUT2D eigenvalue weighted by atomic mass is 9.94. The first-order valence-electron chi connectivity index (χ1n) is 8.44. The smallest absolute Gasteiger partial charge is 0.155 e. The van der Waals surface area contributed by atoms with Gasteiger partial charge in [0.05, 0.1) is 0 Å². The van der Waals surface area contributed by atoms with E-state index >= 15 is 0 Å². The maximum absolute atomic E-state index is 11.6. The molecule has 1 unspecified atom stereocenters. The SMILES string of the molecule is CCCC(=O)C=C1C=C(CC(C)CCCC(C)C)CC1. The molecule has 1 aliphatic rings. The van der Waals surface area contributed by atoms with Crippen LogP contribution in [0.1, 0.15) is 79.1 Å². The van der Waals surface area contributed by atoms with E-state index in [2.05, 4.69) is 33.8 Å². The monoisotopic (exact) mass is 276 g/mol. The van der Waals surface area contributed by atoms with Crippen molar-refractivity contribution >= 4 is 5.78 Å². The molecule has 0 saturated carbocycles. The zero-order valence-corrected chi connectivity index (χ0v) is 13.9. The Morgan fingerprint density at radius 1 is 1.25 bits per heavy atom. The maximum atomic E-state index is 11.6. The van der Waals surface area contributed by atoms with Gasteiger partial charge >= 0.3 is 0 Å². The van der Waals surface area contributed by atoms with Crippen molar-refractivity contribution in [2.75, 3.05) is 0 Å². The van der Waals surface area contributed by atoms with Gasteiger partial charge in [-0.3, -0.25) is 4.79 Å². The molecule has 0 fully saturated rings. The van der Waals surface area contributed by atoms with Crippen LogP contribution in [0.25, 0.3) is 0 Å². The van der Waals surface area contributed by atoms with E-state index in [0.29, 0.717) is 12.2 Å². The van der Waals surface area contributed by atoms with E-state index in [4.69, 9.17) is 0 Å². The van der Waals surface area contributed by atoms with Crippen molar-refractivity contribution in [2.24, 2.45) is 11.8 Å². The van der Waals surface area contributed by atoms with Crippen molar-refractivity contribution in [1.82, 2.24) is 0 Å². The van der Waals surface area contributed by atoms with Crippen LogP contribution < -0.4 is 0 Å². The largest absolute Gasteiger partial charge is 0.295 e. The predicted molar refractivity (Wildman–Crippen MR) is 87.8 cm³/mol. The highest BCUT2D eigenvalue weighted by molar-refractivity contribution is 5.90. The fourth-order valence-corrected chi connectivity index (χ4v) is 2.94. The van der Waals surface area contributed by atoms with Gasteiger partial charge in [0.25, 0.3) is 0 Å². The van der Waals surface area contributed by atoms with Crippen LogP contribution in [0, 0.1) is 11.8 Å². The molecule has 1 atom stereocenters. The van der Waals surface area contributed by atoms with Crippen molar-refractivity contribution in [3.05, 3.63) is 23.3 Å². The van der Waals surface area contributed by atoms with Crippen LogP contribution in [0.15, 0.2) is 23.3 Å². The van der Waals surface area contributed by atoms with Crippen molar-refractivity contribution in [1.29, 1.82) is 0 Å². The Morgan fingerprint density at radius 3 is 2.65 bits per heavy atom. The molecule has 0 N–H and O–H groups in total. The fraction of sp³-hybridized carbons (Fsp3) is 0.737. The molecule has 1 heteroatoms. The lowest BCUT2D eigenvalue weighted by Gasteiger charge is -2.12. The van der Waals surface area contributed by atoms with E-state index in [9.17, 15) is 4.79 Å². The van der Waals surface area contributed by atoms with Gasteiger partial charge < -0.3 is 0 Å². The third-order valence-electron chi connectivity index (χ3n) is 4.06. The Morgan fingerprint density at radius 2 is 2.00 bits per heavy atom. The average Bonchev–Trinajstić information content (AvgIpc) is 2.76. The molecule has 0 heterocycles. The van der Waals surface area contributed by atoms with Crippen LogP contribution in [-0.2, 0) is 4.79 Å². The number of rotatable bonds is 9. The van der Waals surface area contributed by atoms with Crippen molar-refractivity contribution < 1.29 is 4.79 Å². The second-order valence-electron chi connectivity index (χ2n) is 6.87. The van der Waals surface area contributed by atoms with Crippen LogP contribution in [0.3, 0.4) is 0 Å². The molecule has 1 rings (SSSR count). The molecule has 114 valence electrons. The normalized spacial score (nSPS) is 18.6. The fourth-order valence-electron chi connectivity index (χ4n) is 2.94. The molecule has 1 nitrogen and oxygen atoms in total. The molecule has 0 aliphatic heterocycles. The van der Waals surface area contributed by atoms with E-state index in [1.165, 1.54) is 37.7 Å². The summed E-state index contributed by atoms with van der Waals surface area (Å²) < 4.78 is 0. The van der Waals surface area contributed by atoms with E-state index in [1.807, 2.05) is 6.08 Å². The Bertz CT molecular complexity index is 360. The lowest BCUT2D eigenvalue weighted by Crippen LogP contribution is -1.97. The molecular formula is C19H32O. The summed E-state index contributed by atoms with van der Waals surface area (Å²) in [6.45, 7) is 9.03. The summed E-state index contributed by atoms with van der Waals surface area (Å²) in [5.41, 5.74) is 2.81. The lowest BCUT2D eigenvalue weighted by molar-refractivity contribution is -0.114. The summed E-state index contributed by atoms with van der Waals surface area (Å²) in [4.78, 5) is 11.6. The van der Waals surface area contributed by atoms with Gasteiger partial charge in [0.1, 0.15) is 0 Å². The molecule has 0 saturated heterocycles. The summed E-state index contributed by atoms with van der Waals surface area (Å²) in [5.74, 6) is 1.91. The first-order chi connectivity index (χ1) is 9.51. The summed E-state index contributed by atoms with van der Waals surface area (Å²) >= 11 is 0. The van der Waals surface area contributed by atoms with Gasteiger partial charge in [-0.15, -0.1) is 0 Å². The summed E-state index contributed by atoms with van der Waals surface area (Å²) in [6, 6.07) is 0. The van der Waals surface area contributed by atoms with Crippen molar-refractivity contribution in [3.63, 3.8) is 0 Å². The minimum Gasteiger partial charge on any atom is -0.295 e. The summed E-state index contributed by atoms with van der Waals surface area (Å²) in [6.07, 6.45) is 13.3. The van der Waals surface area contributed by atoms with E-state index < -0.39 is 0 Å². The number of carbonyl (C=O) groups is 1. The number of allylic oxidation sites excluding steroid dienone is 4. The molecule has 0 spiro atoms. The molecule has 0 aromatic carbocycles. The van der Waals surface area contributed by atoms with Gasteiger partial charge in [0, 0.05) is 6.42 Å². The first-order valence-corrected chi connectivity index (χ1v) is 8.44. The summed E-state index contributed by atoms with van der Waals surface area (Å²) in [7, 11) is 0. The van der Waals surface area contributed by atoms with E-state index in [-0.39, 0.29) is 0 Å². The zero-order chi connectivity index (χ0) is 15.0. The molecule has 0 aromatic rings. The molecule has 1 aliphatic carbocycles. The van der Waals surface area contributed by atoms with Crippen LogP contribution in [0.4, 0.5) is 0 Å². The Kier molecular flexibility index (Phi) is 7.87. The first kappa shape index (κ1) is 17.2. The topological polar surface area (TPSA) is 17.1 Å². The van der Waals surface area contributed by atoms with Gasteiger partial charge in [0.2, 0.25) is 0 Å². The van der Waals surface area contributed by atoms with Crippen molar-refractivity contribution in [2.45, 2.75) is 79.1 Å². The zero-order valence-electron chi connectivity index (χ0n) is 13.9. The highest BCUT2D eigenvalue weighted by atomic mass is 16.1. The Balaban J connectivity index is 2.35. The van der Waals surface area contributed by atoms with Crippen LogP contribution >= 0.6 is 0 Å². The minimum absolute atomic E-state index is 0.296. The number of ketones is 1. The minimum atomic E-state index is 0.296. The average molecular weight is 276 g/mol. The van der Waals surface area contributed by atoms with Crippen LogP contribution in [-0.4, -0.2) is 5.78 Å². The van der Waals surface area contributed by atoms with Gasteiger partial charge in [-0.1, -0.05) is 58.6 Å². The Hall–Kier alpha value is -0.850. The molecule has 0 bridgehead atoms. The molecular weight excluding hydrogens is 244 g/mol. The molecule has 0 aromatic heterocycles. The van der Waals surface area contributed by atoms with Gasteiger partial charge in [-0.2, -0.15) is 0 Å². The van der Waals surface area contributed by atoms with Crippen molar-refractivity contribution in [3.8, 4) is 0 Å². The van der Waals surface area contributed by atoms with Crippen LogP contribution in [0.2, 0.25) is 0 Å². The maximum Gasteiger partial charge on any atom is 0.155 e. The van der Waals surface area contributed by atoms with Gasteiger partial charge in [0.15, 0.2) is 5.78 Å². The molecule has 0 amide bonds. The highest BCUT2D eigenvalue weighted by Gasteiger charge is 2.13. The standard InChI is InChI=1S/C19H32O/c1-5-7-19(20)14-18-11-10-17(13-18)12-16(4)9-6-8-15(2)3/h13-16H,5-12H2,1-4H3. The molecule has 20 heavy (non-hydrogen) atoms. The predicted octanol–water partition coefficient (Wildman–Crippen LogP) is 5.85. The number of hydrogen-bond donors (Lipinski definition) is 0. The third-order valence-corrected chi connectivity index (χ3v) is 4.06. The second-order valence-corrected chi connectivity index (χ2v) is 6.87. The number of carbonyl (C=O) groups excluding carboxylic acids is 1. The molecule has 0 radical (unpaired) electrons. The quantitative estimate of drug-likeness (QED) is 0.482. The van der Waals surface area contributed by atoms with Crippen LogP contribution in [0.5, 0.6) is 0 Å². The second kappa shape index (κ2) is 9.15. The number of hydrogen-bond acceptors (Lipinski definition) is 1. The summed E-state index contributed by atoms with van der Waals surface area (Å²) in [5, 5.41) is 0. The Labute approximate surface area is 125 Å².